The van der Waals surface area contributed by atoms with Crippen LogP contribution in [0.15, 0.2) is 0 Å². The van der Waals surface area contributed by atoms with E-state index in [4.69, 9.17) is 4.74 Å². The second kappa shape index (κ2) is 11.5. The van der Waals surface area contributed by atoms with E-state index in [1.54, 1.807) is 0 Å². The van der Waals surface area contributed by atoms with Gasteiger partial charge < -0.3 is 9.64 Å². The maximum atomic E-state index is 12.4. The van der Waals surface area contributed by atoms with Crippen LogP contribution in [0.4, 0.5) is 0 Å². The number of hydrogen-bond acceptors (Lipinski definition) is 3. The number of hydrogen-bond donors (Lipinski definition) is 0. The van der Waals surface area contributed by atoms with Gasteiger partial charge in [0.05, 0.1) is 13.0 Å². The first-order valence-electron chi connectivity index (χ1n) is 9.10. The molecule has 0 unspecified atom stereocenters. The van der Waals surface area contributed by atoms with Crippen LogP contribution in [0.25, 0.3) is 0 Å². The van der Waals surface area contributed by atoms with E-state index >= 15 is 0 Å². The average Bonchev–Trinajstić information content (AvgIpc) is 2.54. The predicted octanol–water partition coefficient (Wildman–Crippen LogP) is 3.93. The zero-order valence-corrected chi connectivity index (χ0v) is 14.4. The highest BCUT2D eigenvalue weighted by Crippen LogP contribution is 2.27. The van der Waals surface area contributed by atoms with Gasteiger partial charge in [-0.15, -0.1) is 0 Å². The Kier molecular flexibility index (Phi) is 9.93. The van der Waals surface area contributed by atoms with Gasteiger partial charge in [0.1, 0.15) is 0 Å². The molecule has 1 rings (SSSR count). The molecular weight excluding hydrogens is 278 g/mol. The van der Waals surface area contributed by atoms with E-state index in [1.807, 2.05) is 11.8 Å². The maximum absolute atomic E-state index is 12.4. The van der Waals surface area contributed by atoms with Crippen molar-refractivity contribution < 1.29 is 14.3 Å². The number of carbonyl (C=O) groups excluding carboxylic acids is 2. The number of amides is 1. The molecule has 0 aromatic rings. The van der Waals surface area contributed by atoms with Crippen molar-refractivity contribution in [3.05, 3.63) is 0 Å². The van der Waals surface area contributed by atoms with Crippen molar-refractivity contribution in [1.29, 1.82) is 0 Å². The van der Waals surface area contributed by atoms with Crippen molar-refractivity contribution in [1.82, 2.24) is 4.90 Å². The molecule has 1 aliphatic rings. The summed E-state index contributed by atoms with van der Waals surface area (Å²) in [5.74, 6) is 0.739. The Hall–Kier alpha value is -1.06. The van der Waals surface area contributed by atoms with E-state index in [9.17, 15) is 9.59 Å². The first-order chi connectivity index (χ1) is 10.7. The van der Waals surface area contributed by atoms with Gasteiger partial charge >= 0.3 is 5.97 Å². The Balaban J connectivity index is 2.35. The number of esters is 1. The molecule has 0 aromatic carbocycles. The lowest BCUT2D eigenvalue weighted by atomic mass is 9.86. The monoisotopic (exact) mass is 311 g/mol. The third kappa shape index (κ3) is 7.81. The standard InChI is InChI=1S/C18H33NO3/c1-3-5-14-19(15-13-18(21)22-4-2)17(20)12-11-16-9-7-6-8-10-16/h16H,3-15H2,1-2H3. The molecule has 128 valence electrons. The van der Waals surface area contributed by atoms with Crippen LogP contribution in [0.1, 0.15) is 78.1 Å². The van der Waals surface area contributed by atoms with Crippen LogP contribution in [0, 0.1) is 5.92 Å². The SMILES string of the molecule is CCCCN(CCC(=O)OCC)C(=O)CCC1CCCCC1. The molecule has 0 aliphatic heterocycles. The molecule has 0 N–H and O–H groups in total. The van der Waals surface area contributed by atoms with E-state index in [2.05, 4.69) is 6.92 Å². The van der Waals surface area contributed by atoms with Crippen LogP contribution in [-0.2, 0) is 14.3 Å². The minimum atomic E-state index is -0.205. The van der Waals surface area contributed by atoms with Crippen LogP contribution in [0.2, 0.25) is 0 Å². The lowest BCUT2D eigenvalue weighted by Crippen LogP contribution is -2.34. The number of carbonyl (C=O) groups is 2. The minimum absolute atomic E-state index is 0.205. The molecule has 0 spiro atoms. The first-order valence-corrected chi connectivity index (χ1v) is 9.10. The molecule has 1 amide bonds. The molecule has 1 aliphatic carbocycles. The van der Waals surface area contributed by atoms with Crippen molar-refractivity contribution in [2.75, 3.05) is 19.7 Å². The van der Waals surface area contributed by atoms with Gasteiger partial charge in [-0.1, -0.05) is 45.4 Å². The summed E-state index contributed by atoms with van der Waals surface area (Å²) in [6.07, 6.45) is 10.6. The van der Waals surface area contributed by atoms with Crippen LogP contribution in [-0.4, -0.2) is 36.5 Å². The molecule has 0 radical (unpaired) electrons. The highest BCUT2D eigenvalue weighted by atomic mass is 16.5. The molecule has 0 saturated heterocycles. The smallest absolute Gasteiger partial charge is 0.307 e. The lowest BCUT2D eigenvalue weighted by Gasteiger charge is -2.25. The molecule has 0 heterocycles. The van der Waals surface area contributed by atoms with Gasteiger partial charge in [0, 0.05) is 19.5 Å². The van der Waals surface area contributed by atoms with Gasteiger partial charge in [-0.05, 0) is 25.7 Å². The average molecular weight is 311 g/mol. The Morgan fingerprint density at radius 2 is 1.77 bits per heavy atom. The summed E-state index contributed by atoms with van der Waals surface area (Å²) in [6.45, 7) is 5.60. The summed E-state index contributed by atoms with van der Waals surface area (Å²) in [5, 5.41) is 0. The summed E-state index contributed by atoms with van der Waals surface area (Å²) in [7, 11) is 0. The zero-order valence-electron chi connectivity index (χ0n) is 14.4. The van der Waals surface area contributed by atoms with Gasteiger partial charge in [0.25, 0.3) is 0 Å². The van der Waals surface area contributed by atoms with Crippen LogP contribution in [0.3, 0.4) is 0 Å². The summed E-state index contributed by atoms with van der Waals surface area (Å²) < 4.78 is 4.95. The molecule has 0 bridgehead atoms. The molecule has 1 fully saturated rings. The second-order valence-electron chi connectivity index (χ2n) is 6.33. The van der Waals surface area contributed by atoms with E-state index in [1.165, 1.54) is 32.1 Å². The Morgan fingerprint density at radius 1 is 1.05 bits per heavy atom. The number of unbranched alkanes of at least 4 members (excludes halogenated alkanes) is 1. The fourth-order valence-electron chi connectivity index (χ4n) is 3.13. The van der Waals surface area contributed by atoms with Gasteiger partial charge in [0.15, 0.2) is 0 Å². The van der Waals surface area contributed by atoms with Crippen LogP contribution < -0.4 is 0 Å². The van der Waals surface area contributed by atoms with Crippen molar-refractivity contribution in [2.45, 2.75) is 78.1 Å². The van der Waals surface area contributed by atoms with Gasteiger partial charge in [-0.2, -0.15) is 0 Å². The zero-order chi connectivity index (χ0) is 16.2. The highest BCUT2D eigenvalue weighted by Gasteiger charge is 2.18. The minimum Gasteiger partial charge on any atom is -0.466 e. The summed E-state index contributed by atoms with van der Waals surface area (Å²) in [4.78, 5) is 25.8. The van der Waals surface area contributed by atoms with Crippen LogP contribution in [0.5, 0.6) is 0 Å². The summed E-state index contributed by atoms with van der Waals surface area (Å²) >= 11 is 0. The van der Waals surface area contributed by atoms with Crippen molar-refractivity contribution >= 4 is 11.9 Å². The second-order valence-corrected chi connectivity index (χ2v) is 6.33. The number of nitrogens with zero attached hydrogens (tertiary/aromatic N) is 1. The quantitative estimate of drug-likeness (QED) is 0.574. The van der Waals surface area contributed by atoms with Gasteiger partial charge in [0.2, 0.25) is 5.91 Å². The van der Waals surface area contributed by atoms with E-state index in [0.717, 1.165) is 31.7 Å². The van der Waals surface area contributed by atoms with Crippen molar-refractivity contribution in [3.8, 4) is 0 Å². The fraction of sp³-hybridized carbons (Fsp3) is 0.889. The van der Waals surface area contributed by atoms with Crippen LogP contribution >= 0.6 is 0 Å². The Labute approximate surface area is 135 Å². The summed E-state index contributed by atoms with van der Waals surface area (Å²) in [5.41, 5.74) is 0. The van der Waals surface area contributed by atoms with E-state index < -0.39 is 0 Å². The highest BCUT2D eigenvalue weighted by molar-refractivity contribution is 5.77. The Morgan fingerprint density at radius 3 is 2.41 bits per heavy atom. The molecule has 0 aromatic heterocycles. The maximum Gasteiger partial charge on any atom is 0.307 e. The van der Waals surface area contributed by atoms with Gasteiger partial charge in [-0.25, -0.2) is 0 Å². The van der Waals surface area contributed by atoms with Crippen molar-refractivity contribution in [2.24, 2.45) is 5.92 Å². The molecule has 0 atom stereocenters. The molecule has 4 nitrogen and oxygen atoms in total. The largest absolute Gasteiger partial charge is 0.466 e. The fourth-order valence-corrected chi connectivity index (χ4v) is 3.13. The molecule has 22 heavy (non-hydrogen) atoms. The molecule has 4 heteroatoms. The normalized spacial score (nSPS) is 15.5. The molecular formula is C18H33NO3. The lowest BCUT2D eigenvalue weighted by molar-refractivity contribution is -0.144. The summed E-state index contributed by atoms with van der Waals surface area (Å²) in [6, 6.07) is 0. The van der Waals surface area contributed by atoms with Gasteiger partial charge in [-0.3, -0.25) is 9.59 Å². The van der Waals surface area contributed by atoms with E-state index in [-0.39, 0.29) is 11.9 Å². The third-order valence-electron chi connectivity index (χ3n) is 4.52. The number of rotatable bonds is 10. The molecule has 1 saturated carbocycles. The Bertz CT molecular complexity index is 324. The first kappa shape index (κ1) is 19.0. The predicted molar refractivity (Wildman–Crippen MR) is 88.5 cm³/mol. The number of ether oxygens (including phenoxy) is 1. The third-order valence-corrected chi connectivity index (χ3v) is 4.52. The topological polar surface area (TPSA) is 46.6 Å². The van der Waals surface area contributed by atoms with E-state index in [0.29, 0.717) is 26.0 Å². The van der Waals surface area contributed by atoms with Crippen molar-refractivity contribution in [3.63, 3.8) is 0 Å².